The predicted octanol–water partition coefficient (Wildman–Crippen LogP) is 2.91. The van der Waals surface area contributed by atoms with Crippen LogP contribution >= 0.6 is 0 Å². The van der Waals surface area contributed by atoms with Crippen LogP contribution in [-0.4, -0.2) is 25.0 Å². The zero-order valence-corrected chi connectivity index (χ0v) is 15.1. The van der Waals surface area contributed by atoms with Crippen LogP contribution in [0.2, 0.25) is 0 Å². The van der Waals surface area contributed by atoms with Gasteiger partial charge in [-0.05, 0) is 24.1 Å². The van der Waals surface area contributed by atoms with Gasteiger partial charge in [0.25, 0.3) is 5.91 Å². The molecule has 2 rings (SSSR count). The van der Waals surface area contributed by atoms with E-state index in [0.29, 0.717) is 5.75 Å². The molecule has 2 aromatic rings. The molecular weight excluding hydrogens is 335 g/mol. The Bertz CT molecular complexity index is 777. The molecule has 0 saturated heterocycles. The zero-order valence-electron chi connectivity index (χ0n) is 15.1. The largest absolute Gasteiger partial charge is 0.496 e. The van der Waals surface area contributed by atoms with Crippen LogP contribution < -0.4 is 15.4 Å². The summed E-state index contributed by atoms with van der Waals surface area (Å²) in [6.45, 7) is 3.89. The van der Waals surface area contributed by atoms with Crippen LogP contribution in [0.1, 0.15) is 29.8 Å². The van der Waals surface area contributed by atoms with Crippen LogP contribution in [0.15, 0.2) is 48.5 Å². The summed E-state index contributed by atoms with van der Waals surface area (Å²) in [5, 5.41) is 5.42. The number of carbonyl (C=O) groups excluding carboxylic acids is 2. The Labute approximate surface area is 152 Å². The highest BCUT2D eigenvalue weighted by molar-refractivity contribution is 5.97. The van der Waals surface area contributed by atoms with Gasteiger partial charge in [0.1, 0.15) is 17.6 Å². The minimum Gasteiger partial charge on any atom is -0.496 e. The molecule has 0 saturated carbocycles. The van der Waals surface area contributed by atoms with E-state index in [2.05, 4.69) is 10.6 Å². The van der Waals surface area contributed by atoms with Crippen LogP contribution in [0.25, 0.3) is 0 Å². The summed E-state index contributed by atoms with van der Waals surface area (Å²) in [7, 11) is 1.56. The number of carbonyl (C=O) groups is 2. The molecule has 0 heterocycles. The van der Waals surface area contributed by atoms with Gasteiger partial charge in [0, 0.05) is 12.1 Å². The third-order valence-corrected chi connectivity index (χ3v) is 4.00. The monoisotopic (exact) mass is 358 g/mol. The zero-order chi connectivity index (χ0) is 19.1. The maximum Gasteiger partial charge on any atom is 0.254 e. The Morgan fingerprint density at radius 1 is 1.08 bits per heavy atom. The van der Waals surface area contributed by atoms with E-state index < -0.39 is 17.8 Å². The number of methoxy groups -OCH3 is 1. The van der Waals surface area contributed by atoms with Crippen molar-refractivity contribution in [3.8, 4) is 5.75 Å². The fourth-order valence-corrected chi connectivity index (χ4v) is 2.54. The van der Waals surface area contributed by atoms with Gasteiger partial charge in [0.15, 0.2) is 0 Å². The molecule has 138 valence electrons. The number of ether oxygens (including phenoxy) is 1. The third kappa shape index (κ3) is 4.81. The van der Waals surface area contributed by atoms with E-state index in [1.807, 2.05) is 32.0 Å². The highest BCUT2D eigenvalue weighted by atomic mass is 19.1. The predicted molar refractivity (Wildman–Crippen MR) is 97.3 cm³/mol. The number of hydrogen-bond donors (Lipinski definition) is 2. The minimum atomic E-state index is -0.781. The lowest BCUT2D eigenvalue weighted by Crippen LogP contribution is -2.49. The Kier molecular flexibility index (Phi) is 6.72. The number of hydrogen-bond acceptors (Lipinski definition) is 3. The Morgan fingerprint density at radius 3 is 2.38 bits per heavy atom. The topological polar surface area (TPSA) is 67.4 Å². The molecular formula is C20H23FN2O3. The van der Waals surface area contributed by atoms with E-state index in [4.69, 9.17) is 4.74 Å². The van der Waals surface area contributed by atoms with E-state index in [-0.39, 0.29) is 23.9 Å². The van der Waals surface area contributed by atoms with Crippen LogP contribution in [0.3, 0.4) is 0 Å². The molecule has 0 aliphatic carbocycles. The molecule has 6 heteroatoms. The van der Waals surface area contributed by atoms with Gasteiger partial charge >= 0.3 is 0 Å². The second-order valence-electron chi connectivity index (χ2n) is 6.20. The van der Waals surface area contributed by atoms with Gasteiger partial charge in [-0.25, -0.2) is 4.39 Å². The molecule has 0 aliphatic rings. The average molecular weight is 358 g/mol. The lowest BCUT2D eigenvalue weighted by Gasteiger charge is -2.22. The summed E-state index contributed by atoms with van der Waals surface area (Å²) in [6.07, 6.45) is 0. The van der Waals surface area contributed by atoms with Crippen LogP contribution in [-0.2, 0) is 11.3 Å². The first-order valence-corrected chi connectivity index (χ1v) is 8.39. The van der Waals surface area contributed by atoms with E-state index in [9.17, 15) is 14.0 Å². The molecule has 0 aliphatic heterocycles. The fraction of sp³-hybridized carbons (Fsp3) is 0.300. The summed E-state index contributed by atoms with van der Waals surface area (Å²) < 4.78 is 19.0. The molecule has 2 N–H and O–H groups in total. The van der Waals surface area contributed by atoms with Gasteiger partial charge in [0.05, 0.1) is 12.7 Å². The van der Waals surface area contributed by atoms with Gasteiger partial charge in [-0.2, -0.15) is 0 Å². The Balaban J connectivity index is 2.05. The van der Waals surface area contributed by atoms with Crippen molar-refractivity contribution in [1.82, 2.24) is 10.6 Å². The second kappa shape index (κ2) is 8.99. The van der Waals surface area contributed by atoms with E-state index in [1.54, 1.807) is 19.2 Å². The molecule has 1 atom stereocenters. The standard InChI is InChI=1S/C20H23FN2O3/c1-13(2)18(23-19(24)15-9-5-6-10-16(15)21)20(25)22-12-14-8-4-7-11-17(14)26-3/h4-11,13,18H,12H2,1-3H3,(H,22,25)(H,23,24)/t18-/m0/s1. The van der Waals surface area contributed by atoms with Gasteiger partial charge in [-0.3, -0.25) is 9.59 Å². The molecule has 0 fully saturated rings. The summed E-state index contributed by atoms with van der Waals surface area (Å²) in [6, 6.07) is 12.2. The van der Waals surface area contributed by atoms with Gasteiger partial charge in [-0.1, -0.05) is 44.2 Å². The number of para-hydroxylation sites is 1. The van der Waals surface area contributed by atoms with Crippen molar-refractivity contribution in [2.45, 2.75) is 26.4 Å². The number of halogens is 1. The summed E-state index contributed by atoms with van der Waals surface area (Å²) in [5.74, 6) is -1.07. The molecule has 2 aromatic carbocycles. The SMILES string of the molecule is COc1ccccc1CNC(=O)[C@@H](NC(=O)c1ccccc1F)C(C)C. The highest BCUT2D eigenvalue weighted by Gasteiger charge is 2.25. The number of amides is 2. The number of rotatable bonds is 7. The van der Waals surface area contributed by atoms with E-state index in [0.717, 1.165) is 5.56 Å². The fourth-order valence-electron chi connectivity index (χ4n) is 2.54. The smallest absolute Gasteiger partial charge is 0.254 e. The van der Waals surface area contributed by atoms with Crippen molar-refractivity contribution in [3.05, 3.63) is 65.5 Å². The van der Waals surface area contributed by atoms with Gasteiger partial charge in [-0.15, -0.1) is 0 Å². The molecule has 0 spiro atoms. The third-order valence-electron chi connectivity index (χ3n) is 4.00. The van der Waals surface area contributed by atoms with Crippen LogP contribution in [0, 0.1) is 11.7 Å². The minimum absolute atomic E-state index is 0.0873. The van der Waals surface area contributed by atoms with Gasteiger partial charge in [0.2, 0.25) is 5.91 Å². The molecule has 2 amide bonds. The first-order chi connectivity index (χ1) is 12.4. The van der Waals surface area contributed by atoms with Crippen molar-refractivity contribution in [2.24, 2.45) is 5.92 Å². The van der Waals surface area contributed by atoms with E-state index >= 15 is 0 Å². The molecule has 0 bridgehead atoms. The van der Waals surface area contributed by atoms with Crippen LogP contribution in [0.5, 0.6) is 5.75 Å². The Hall–Kier alpha value is -2.89. The maximum atomic E-state index is 13.8. The molecule has 5 nitrogen and oxygen atoms in total. The number of benzene rings is 2. The lowest BCUT2D eigenvalue weighted by atomic mass is 10.0. The molecule has 0 aromatic heterocycles. The normalized spacial score (nSPS) is 11.7. The van der Waals surface area contributed by atoms with Gasteiger partial charge < -0.3 is 15.4 Å². The summed E-state index contributed by atoms with van der Waals surface area (Å²) in [5.41, 5.74) is 0.738. The van der Waals surface area contributed by atoms with E-state index in [1.165, 1.54) is 18.2 Å². The molecule has 26 heavy (non-hydrogen) atoms. The van der Waals surface area contributed by atoms with Crippen molar-refractivity contribution in [2.75, 3.05) is 7.11 Å². The first-order valence-electron chi connectivity index (χ1n) is 8.39. The summed E-state index contributed by atoms with van der Waals surface area (Å²) in [4.78, 5) is 24.9. The first kappa shape index (κ1) is 19.4. The lowest BCUT2D eigenvalue weighted by molar-refractivity contribution is -0.124. The van der Waals surface area contributed by atoms with Crippen molar-refractivity contribution in [1.29, 1.82) is 0 Å². The van der Waals surface area contributed by atoms with Crippen LogP contribution in [0.4, 0.5) is 4.39 Å². The molecule has 0 unspecified atom stereocenters. The van der Waals surface area contributed by atoms with Crippen molar-refractivity contribution >= 4 is 11.8 Å². The quantitative estimate of drug-likeness (QED) is 0.800. The van der Waals surface area contributed by atoms with Crippen molar-refractivity contribution < 1.29 is 18.7 Å². The van der Waals surface area contributed by atoms with Crippen molar-refractivity contribution in [3.63, 3.8) is 0 Å². The molecule has 0 radical (unpaired) electrons. The number of nitrogens with one attached hydrogen (secondary N) is 2. The maximum absolute atomic E-state index is 13.8. The second-order valence-corrected chi connectivity index (χ2v) is 6.20. The average Bonchev–Trinajstić information content (AvgIpc) is 2.64. The highest BCUT2D eigenvalue weighted by Crippen LogP contribution is 2.17. The Morgan fingerprint density at radius 2 is 1.73 bits per heavy atom. The summed E-state index contributed by atoms with van der Waals surface area (Å²) >= 11 is 0.